The van der Waals surface area contributed by atoms with Crippen molar-refractivity contribution in [2.75, 3.05) is 13.1 Å². The molecule has 1 aromatic rings. The van der Waals surface area contributed by atoms with Gasteiger partial charge in [0.15, 0.2) is 13.1 Å². The summed E-state index contributed by atoms with van der Waals surface area (Å²) in [5.41, 5.74) is 1.36. The Balaban J connectivity index is 2.53. The second-order valence-electron chi connectivity index (χ2n) is 3.11. The van der Waals surface area contributed by atoms with Crippen molar-refractivity contribution in [1.82, 2.24) is 4.98 Å². The van der Waals surface area contributed by atoms with Crippen molar-refractivity contribution in [3.8, 4) is 0 Å². The van der Waals surface area contributed by atoms with Crippen LogP contribution in [0.2, 0.25) is 0 Å². The first-order valence-corrected chi connectivity index (χ1v) is 4.34. The van der Waals surface area contributed by atoms with Gasteiger partial charge in [0.1, 0.15) is 0 Å². The van der Waals surface area contributed by atoms with Gasteiger partial charge < -0.3 is 5.11 Å². The Labute approximate surface area is 80.7 Å². The molecule has 0 bridgehead atoms. The molecule has 2 rings (SSSR count). The molecule has 0 saturated carbocycles. The molecule has 1 aliphatic rings. The van der Waals surface area contributed by atoms with Crippen molar-refractivity contribution in [3.05, 3.63) is 23.5 Å². The van der Waals surface area contributed by atoms with Crippen molar-refractivity contribution in [3.63, 3.8) is 0 Å². The Morgan fingerprint density at radius 3 is 2.79 bits per heavy atom. The number of aryl methyl sites for hydroxylation is 1. The third kappa shape index (κ3) is 1.37. The van der Waals surface area contributed by atoms with Gasteiger partial charge in [0, 0.05) is 11.8 Å². The van der Waals surface area contributed by atoms with Gasteiger partial charge in [-0.3, -0.25) is 0 Å². The maximum atomic E-state index is 10.9. The molecule has 0 aromatic carbocycles. The molecule has 5 nitrogen and oxygen atoms in total. The minimum absolute atomic E-state index is 0.0773. The lowest BCUT2D eigenvalue weighted by molar-refractivity contribution is -0.553. The maximum absolute atomic E-state index is 10.9. The number of carboxylic acids is 1. The van der Waals surface area contributed by atoms with Crippen LogP contribution in [0.5, 0.6) is 0 Å². The summed E-state index contributed by atoms with van der Waals surface area (Å²) in [6.07, 6.45) is 0. The molecule has 1 aliphatic heterocycles. The van der Waals surface area contributed by atoms with Gasteiger partial charge in [-0.05, 0) is 18.1 Å². The van der Waals surface area contributed by atoms with Crippen molar-refractivity contribution in [2.24, 2.45) is 5.11 Å². The first kappa shape index (κ1) is 8.80. The van der Waals surface area contributed by atoms with Crippen LogP contribution in [0.4, 0.5) is 5.69 Å². The summed E-state index contributed by atoms with van der Waals surface area (Å²) in [6, 6.07) is 3.53. The van der Waals surface area contributed by atoms with E-state index in [4.69, 9.17) is 5.11 Å². The first-order chi connectivity index (χ1) is 6.68. The lowest BCUT2D eigenvalue weighted by Gasteiger charge is -2.07. The normalized spacial score (nSPS) is 14.5. The highest BCUT2D eigenvalue weighted by Crippen LogP contribution is 2.20. The number of aromatic nitrogens is 1. The SMILES string of the molecule is Cc1ccc([N+]2=NCC2)c(C(=O)O)n1. The Morgan fingerprint density at radius 1 is 1.57 bits per heavy atom. The van der Waals surface area contributed by atoms with Crippen LogP contribution in [0.25, 0.3) is 0 Å². The van der Waals surface area contributed by atoms with Crippen LogP contribution in [0.15, 0.2) is 17.2 Å². The minimum atomic E-state index is -1.01. The summed E-state index contributed by atoms with van der Waals surface area (Å²) in [7, 11) is 0. The molecule has 72 valence electrons. The van der Waals surface area contributed by atoms with Crippen LogP contribution in [0, 0.1) is 6.92 Å². The Kier molecular flexibility index (Phi) is 1.99. The van der Waals surface area contributed by atoms with Gasteiger partial charge in [-0.15, -0.1) is 0 Å². The molecule has 0 atom stereocenters. The van der Waals surface area contributed by atoms with E-state index in [0.717, 1.165) is 13.1 Å². The summed E-state index contributed by atoms with van der Waals surface area (Å²) >= 11 is 0. The van der Waals surface area contributed by atoms with E-state index in [0.29, 0.717) is 11.4 Å². The van der Waals surface area contributed by atoms with Crippen LogP contribution in [0.1, 0.15) is 16.2 Å². The van der Waals surface area contributed by atoms with E-state index in [9.17, 15) is 4.79 Å². The minimum Gasteiger partial charge on any atom is -0.476 e. The molecular weight excluding hydrogens is 182 g/mol. The molecule has 14 heavy (non-hydrogen) atoms. The Hall–Kier alpha value is -1.78. The molecule has 0 saturated heterocycles. The monoisotopic (exact) mass is 192 g/mol. The van der Waals surface area contributed by atoms with Gasteiger partial charge in [0.05, 0.1) is 0 Å². The lowest BCUT2D eigenvalue weighted by Crippen LogP contribution is -2.21. The molecule has 1 aromatic heterocycles. The topological polar surface area (TPSA) is 65.6 Å². The third-order valence-corrected chi connectivity index (χ3v) is 2.08. The van der Waals surface area contributed by atoms with Crippen LogP contribution in [-0.4, -0.2) is 33.8 Å². The zero-order valence-corrected chi connectivity index (χ0v) is 7.77. The molecule has 0 radical (unpaired) electrons. The van der Waals surface area contributed by atoms with E-state index in [1.54, 1.807) is 23.8 Å². The highest BCUT2D eigenvalue weighted by atomic mass is 16.4. The number of pyridine rings is 1. The zero-order chi connectivity index (χ0) is 10.1. The number of hydrogen-bond acceptors (Lipinski definition) is 3. The number of azo groups is 2. The summed E-state index contributed by atoms with van der Waals surface area (Å²) in [4.78, 5) is 14.9. The van der Waals surface area contributed by atoms with Gasteiger partial charge >= 0.3 is 5.97 Å². The van der Waals surface area contributed by atoms with E-state index in [2.05, 4.69) is 10.1 Å². The van der Waals surface area contributed by atoms with Crippen LogP contribution < -0.4 is 0 Å². The maximum Gasteiger partial charge on any atom is 0.361 e. The number of nitrogens with zero attached hydrogens (tertiary/aromatic N) is 3. The molecule has 0 fully saturated rings. The largest absolute Gasteiger partial charge is 0.476 e. The highest BCUT2D eigenvalue weighted by molar-refractivity contribution is 5.89. The number of carboxylic acid groups (broad SMARTS) is 1. The fraction of sp³-hybridized carbons (Fsp3) is 0.333. The first-order valence-electron chi connectivity index (χ1n) is 4.34. The van der Waals surface area contributed by atoms with Gasteiger partial charge in [-0.25, -0.2) is 9.78 Å². The van der Waals surface area contributed by atoms with E-state index in [1.165, 1.54) is 0 Å². The molecule has 0 spiro atoms. The number of rotatable bonds is 2. The van der Waals surface area contributed by atoms with Crippen LogP contribution >= 0.6 is 0 Å². The van der Waals surface area contributed by atoms with Crippen molar-refractivity contribution >= 4 is 11.7 Å². The third-order valence-electron chi connectivity index (χ3n) is 2.08. The van der Waals surface area contributed by atoms with Gasteiger partial charge in [-0.1, -0.05) is 4.70 Å². The predicted molar refractivity (Wildman–Crippen MR) is 48.0 cm³/mol. The standard InChI is InChI=1S/C9H9N3O2/c1-6-2-3-7(12-5-4-10-12)8(11-6)9(13)14/h2-3H,4-5H2,1H3/p+1. The second kappa shape index (κ2) is 3.17. The summed E-state index contributed by atoms with van der Waals surface area (Å²) in [5.74, 6) is -1.01. The van der Waals surface area contributed by atoms with Crippen LogP contribution in [0.3, 0.4) is 0 Å². The quantitative estimate of drug-likeness (QED) is 0.716. The molecular formula is C9H10N3O2+. The smallest absolute Gasteiger partial charge is 0.361 e. The van der Waals surface area contributed by atoms with Crippen LogP contribution in [-0.2, 0) is 0 Å². The molecule has 0 unspecified atom stereocenters. The molecule has 0 amide bonds. The summed E-state index contributed by atoms with van der Waals surface area (Å²) in [6.45, 7) is 3.29. The van der Waals surface area contributed by atoms with E-state index in [1.807, 2.05) is 0 Å². The summed E-state index contributed by atoms with van der Waals surface area (Å²) < 4.78 is 1.66. The lowest BCUT2D eigenvalue weighted by atomic mass is 10.2. The molecule has 0 aliphatic carbocycles. The number of carbonyl (C=O) groups is 1. The van der Waals surface area contributed by atoms with Gasteiger partial charge in [-0.2, -0.15) is 0 Å². The van der Waals surface area contributed by atoms with Crippen molar-refractivity contribution in [2.45, 2.75) is 6.92 Å². The van der Waals surface area contributed by atoms with Crippen molar-refractivity contribution in [1.29, 1.82) is 0 Å². The zero-order valence-electron chi connectivity index (χ0n) is 7.77. The Bertz CT molecular complexity index is 426. The van der Waals surface area contributed by atoms with Crippen molar-refractivity contribution < 1.29 is 14.6 Å². The predicted octanol–water partition coefficient (Wildman–Crippen LogP) is 1.20. The Morgan fingerprint density at radius 2 is 2.29 bits per heavy atom. The van der Waals surface area contributed by atoms with E-state index in [-0.39, 0.29) is 5.69 Å². The van der Waals surface area contributed by atoms with Gasteiger partial charge in [0.2, 0.25) is 5.69 Å². The number of aromatic carboxylic acids is 1. The molecule has 1 N–H and O–H groups in total. The average molecular weight is 192 g/mol. The highest BCUT2D eigenvalue weighted by Gasteiger charge is 2.27. The fourth-order valence-electron chi connectivity index (χ4n) is 1.31. The summed E-state index contributed by atoms with van der Waals surface area (Å²) in [5, 5.41) is 13.0. The second-order valence-corrected chi connectivity index (χ2v) is 3.11. The average Bonchev–Trinajstić information content (AvgIpc) is 2.04. The van der Waals surface area contributed by atoms with E-state index >= 15 is 0 Å². The molecule has 2 heterocycles. The number of hydrogen-bond donors (Lipinski definition) is 1. The molecule has 5 heteroatoms. The fourth-order valence-corrected chi connectivity index (χ4v) is 1.31. The van der Waals surface area contributed by atoms with E-state index < -0.39 is 5.97 Å². The van der Waals surface area contributed by atoms with Gasteiger partial charge in [0.25, 0.3) is 5.69 Å².